The molecule has 0 atom stereocenters. The summed E-state index contributed by atoms with van der Waals surface area (Å²) in [4.78, 5) is 11.4. The summed E-state index contributed by atoms with van der Waals surface area (Å²) in [5.74, 6) is -1.55. The molecule has 0 radical (unpaired) electrons. The van der Waals surface area contributed by atoms with Gasteiger partial charge in [0.15, 0.2) is 0 Å². The minimum Gasteiger partial charge on any atom is -0.325 e. The molecule has 2 aromatic rings. The van der Waals surface area contributed by atoms with Gasteiger partial charge in [0.05, 0.1) is 6.54 Å². The van der Waals surface area contributed by atoms with Gasteiger partial charge in [-0.15, -0.1) is 0 Å². The third kappa shape index (κ3) is 4.45. The van der Waals surface area contributed by atoms with Crippen molar-refractivity contribution in [2.45, 2.75) is 4.90 Å². The van der Waals surface area contributed by atoms with Crippen LogP contribution in [0.15, 0.2) is 47.4 Å². The fraction of sp³-hybridized carbons (Fsp3) is 0.133. The molecule has 0 unspecified atom stereocenters. The summed E-state index contributed by atoms with van der Waals surface area (Å²) in [5, 5.41) is 3.11. The average Bonchev–Trinajstić information content (AvgIpc) is 2.49. The number of anilines is 1. The highest BCUT2D eigenvalue weighted by Crippen LogP contribution is 2.21. The third-order valence-corrected chi connectivity index (χ3v) is 5.40. The van der Waals surface area contributed by atoms with Crippen LogP contribution in [0.1, 0.15) is 0 Å². The van der Waals surface area contributed by atoms with Crippen molar-refractivity contribution in [3.8, 4) is 0 Å². The SMILES string of the molecule is CN(CC(=O)Nc1ccc(Cl)cc1)S(=O)(=O)c1ccc(Cl)cc1F. The molecule has 24 heavy (non-hydrogen) atoms. The lowest BCUT2D eigenvalue weighted by Gasteiger charge is -2.17. The van der Waals surface area contributed by atoms with Crippen molar-refractivity contribution in [2.24, 2.45) is 0 Å². The zero-order chi connectivity index (χ0) is 17.9. The Labute approximate surface area is 149 Å². The first-order chi connectivity index (χ1) is 11.2. The number of carbonyl (C=O) groups is 1. The molecule has 0 aromatic heterocycles. The number of halogens is 3. The predicted molar refractivity (Wildman–Crippen MR) is 91.3 cm³/mol. The quantitative estimate of drug-likeness (QED) is 0.850. The van der Waals surface area contributed by atoms with Gasteiger partial charge in [-0.25, -0.2) is 12.8 Å². The number of nitrogens with one attached hydrogen (secondary N) is 1. The maximum atomic E-state index is 13.8. The second kappa shape index (κ2) is 7.48. The number of rotatable bonds is 5. The minimum absolute atomic E-state index is 0.0783. The van der Waals surface area contributed by atoms with Gasteiger partial charge in [-0.2, -0.15) is 4.31 Å². The monoisotopic (exact) mass is 390 g/mol. The van der Waals surface area contributed by atoms with Crippen molar-refractivity contribution in [1.29, 1.82) is 0 Å². The van der Waals surface area contributed by atoms with Crippen LogP contribution in [0.4, 0.5) is 10.1 Å². The van der Waals surface area contributed by atoms with Gasteiger partial charge in [0.1, 0.15) is 10.7 Å². The Kier molecular flexibility index (Phi) is 5.82. The maximum Gasteiger partial charge on any atom is 0.246 e. The van der Waals surface area contributed by atoms with Crippen LogP contribution >= 0.6 is 23.2 Å². The molecule has 0 aliphatic rings. The molecule has 0 heterocycles. The second-order valence-electron chi connectivity index (χ2n) is 4.89. The van der Waals surface area contributed by atoms with Gasteiger partial charge < -0.3 is 5.32 Å². The molecule has 1 N–H and O–H groups in total. The Balaban J connectivity index is 2.11. The van der Waals surface area contributed by atoms with Gasteiger partial charge in [-0.1, -0.05) is 23.2 Å². The zero-order valence-corrected chi connectivity index (χ0v) is 14.8. The molecule has 5 nitrogen and oxygen atoms in total. The van der Waals surface area contributed by atoms with Crippen LogP contribution < -0.4 is 5.32 Å². The Morgan fingerprint density at radius 3 is 2.29 bits per heavy atom. The van der Waals surface area contributed by atoms with E-state index in [4.69, 9.17) is 23.2 Å². The summed E-state index contributed by atoms with van der Waals surface area (Å²) in [5.41, 5.74) is 0.466. The van der Waals surface area contributed by atoms with Gasteiger partial charge in [-0.3, -0.25) is 4.79 Å². The van der Waals surface area contributed by atoms with Crippen molar-refractivity contribution in [1.82, 2.24) is 4.31 Å². The molecule has 2 rings (SSSR count). The number of benzene rings is 2. The van der Waals surface area contributed by atoms with Crippen LogP contribution in [0.25, 0.3) is 0 Å². The van der Waals surface area contributed by atoms with E-state index >= 15 is 0 Å². The first-order valence-electron chi connectivity index (χ1n) is 6.67. The fourth-order valence-corrected chi connectivity index (χ4v) is 3.33. The molecule has 1 amide bonds. The second-order valence-corrected chi connectivity index (χ2v) is 7.78. The van der Waals surface area contributed by atoms with E-state index in [1.165, 1.54) is 13.1 Å². The van der Waals surface area contributed by atoms with E-state index in [1.807, 2.05) is 0 Å². The molecule has 0 saturated carbocycles. The summed E-state index contributed by atoms with van der Waals surface area (Å²) < 4.78 is 39.3. The molecular formula is C15H13Cl2FN2O3S. The van der Waals surface area contributed by atoms with Gasteiger partial charge in [0, 0.05) is 22.8 Å². The van der Waals surface area contributed by atoms with E-state index in [9.17, 15) is 17.6 Å². The number of carbonyl (C=O) groups excluding carboxylic acids is 1. The van der Waals surface area contributed by atoms with E-state index in [1.54, 1.807) is 24.3 Å². The zero-order valence-electron chi connectivity index (χ0n) is 12.5. The number of nitrogens with zero attached hydrogens (tertiary/aromatic N) is 1. The molecule has 2 aromatic carbocycles. The smallest absolute Gasteiger partial charge is 0.246 e. The molecule has 128 valence electrons. The van der Waals surface area contributed by atoms with Crippen LogP contribution in [0, 0.1) is 5.82 Å². The lowest BCUT2D eigenvalue weighted by molar-refractivity contribution is -0.116. The minimum atomic E-state index is -4.16. The van der Waals surface area contributed by atoms with Crippen LogP contribution in [0.5, 0.6) is 0 Å². The maximum absolute atomic E-state index is 13.8. The lowest BCUT2D eigenvalue weighted by atomic mass is 10.3. The van der Waals surface area contributed by atoms with Gasteiger partial charge in [0.2, 0.25) is 15.9 Å². The van der Waals surface area contributed by atoms with E-state index < -0.39 is 33.2 Å². The number of hydrogen-bond donors (Lipinski definition) is 1. The van der Waals surface area contributed by atoms with Gasteiger partial charge >= 0.3 is 0 Å². The van der Waals surface area contributed by atoms with E-state index in [0.29, 0.717) is 10.7 Å². The molecule has 0 saturated heterocycles. The van der Waals surface area contributed by atoms with Gasteiger partial charge in [-0.05, 0) is 42.5 Å². The summed E-state index contributed by atoms with van der Waals surface area (Å²) in [7, 11) is -2.98. The summed E-state index contributed by atoms with van der Waals surface area (Å²) in [6.07, 6.45) is 0. The fourth-order valence-electron chi connectivity index (χ4n) is 1.87. The number of hydrogen-bond acceptors (Lipinski definition) is 3. The molecule has 0 fully saturated rings. The van der Waals surface area contributed by atoms with Gasteiger partial charge in [0.25, 0.3) is 0 Å². The molecule has 0 spiro atoms. The highest BCUT2D eigenvalue weighted by molar-refractivity contribution is 7.89. The summed E-state index contributed by atoms with van der Waals surface area (Å²) in [6.45, 7) is -0.479. The number of likely N-dealkylation sites (N-methyl/N-ethyl adjacent to an activating group) is 1. The van der Waals surface area contributed by atoms with E-state index in [0.717, 1.165) is 16.4 Å². The van der Waals surface area contributed by atoms with Crippen molar-refractivity contribution in [2.75, 3.05) is 18.9 Å². The van der Waals surface area contributed by atoms with Crippen molar-refractivity contribution < 1.29 is 17.6 Å². The first kappa shape index (κ1) is 18.7. The highest BCUT2D eigenvalue weighted by Gasteiger charge is 2.26. The Morgan fingerprint density at radius 2 is 1.71 bits per heavy atom. The van der Waals surface area contributed by atoms with Crippen molar-refractivity contribution in [3.05, 3.63) is 58.3 Å². The summed E-state index contributed by atoms with van der Waals surface area (Å²) in [6, 6.07) is 9.54. The Hall–Kier alpha value is -1.67. The first-order valence-corrected chi connectivity index (χ1v) is 8.86. The van der Waals surface area contributed by atoms with Crippen LogP contribution in [-0.2, 0) is 14.8 Å². The normalized spacial score (nSPS) is 11.5. The van der Waals surface area contributed by atoms with Crippen molar-refractivity contribution in [3.63, 3.8) is 0 Å². The van der Waals surface area contributed by atoms with Crippen LogP contribution in [-0.4, -0.2) is 32.2 Å². The molecule has 0 bridgehead atoms. The van der Waals surface area contributed by atoms with E-state index in [2.05, 4.69) is 5.32 Å². The van der Waals surface area contributed by atoms with Crippen molar-refractivity contribution >= 4 is 44.8 Å². The largest absolute Gasteiger partial charge is 0.325 e. The topological polar surface area (TPSA) is 66.5 Å². The molecule has 0 aliphatic heterocycles. The third-order valence-electron chi connectivity index (χ3n) is 3.08. The highest BCUT2D eigenvalue weighted by atomic mass is 35.5. The van der Waals surface area contributed by atoms with Crippen LogP contribution in [0.2, 0.25) is 10.0 Å². The Bertz CT molecular complexity index is 858. The van der Waals surface area contributed by atoms with E-state index in [-0.39, 0.29) is 5.02 Å². The standard InChI is InChI=1S/C15H13Cl2FN2O3S/c1-20(9-15(21)19-12-5-2-10(16)3-6-12)24(22,23)14-7-4-11(17)8-13(14)18/h2-8H,9H2,1H3,(H,19,21). The Morgan fingerprint density at radius 1 is 1.12 bits per heavy atom. The molecular weight excluding hydrogens is 378 g/mol. The summed E-state index contributed by atoms with van der Waals surface area (Å²) >= 11 is 11.4. The number of sulfonamides is 1. The molecule has 0 aliphatic carbocycles. The van der Waals surface area contributed by atoms with Crippen LogP contribution in [0.3, 0.4) is 0 Å². The molecule has 9 heteroatoms. The average molecular weight is 391 g/mol. The number of amides is 1. The lowest BCUT2D eigenvalue weighted by Crippen LogP contribution is -2.35. The predicted octanol–water partition coefficient (Wildman–Crippen LogP) is 3.39.